The molecule has 4 rings (SSSR count). The molecule has 1 aliphatic rings. The second kappa shape index (κ2) is 10.0. The molecule has 0 spiro atoms. The summed E-state index contributed by atoms with van der Waals surface area (Å²) in [6.45, 7) is 4.88. The predicted molar refractivity (Wildman–Crippen MR) is 122 cm³/mol. The van der Waals surface area contributed by atoms with E-state index in [9.17, 15) is 4.39 Å². The van der Waals surface area contributed by atoms with Crippen molar-refractivity contribution in [3.63, 3.8) is 0 Å². The maximum Gasteiger partial charge on any atom is 0.0975 e. The Hall–Kier alpha value is -2.49. The number of hydrogen-bond donors (Lipinski definition) is 0. The van der Waals surface area contributed by atoms with E-state index in [1.165, 1.54) is 16.7 Å². The number of likely N-dealkylation sites (tertiary alicyclic amines) is 1. The fourth-order valence-corrected chi connectivity index (χ4v) is 4.61. The van der Waals surface area contributed by atoms with Gasteiger partial charge in [0, 0.05) is 38.1 Å². The van der Waals surface area contributed by atoms with Crippen molar-refractivity contribution in [2.24, 2.45) is 5.41 Å². The Morgan fingerprint density at radius 2 is 1.23 bits per heavy atom. The molecule has 0 saturated carbocycles. The zero-order valence-corrected chi connectivity index (χ0v) is 17.6. The van der Waals surface area contributed by atoms with Crippen molar-refractivity contribution in [2.75, 3.05) is 26.3 Å². The average molecular weight is 403 g/mol. The fourth-order valence-electron chi connectivity index (χ4n) is 4.61. The number of nitrogens with zero attached hydrogens (tertiary/aromatic N) is 2. The molecule has 1 unspecified atom stereocenters. The van der Waals surface area contributed by atoms with Gasteiger partial charge in [-0.25, -0.2) is 0 Å². The van der Waals surface area contributed by atoms with Gasteiger partial charge in [-0.1, -0.05) is 91.0 Å². The molecular formula is C27H31FN2. The number of benzene rings is 3. The van der Waals surface area contributed by atoms with Gasteiger partial charge in [-0.3, -0.25) is 14.2 Å². The number of rotatable bonds is 9. The molecule has 3 aromatic rings. The smallest absolute Gasteiger partial charge is 0.0975 e. The lowest BCUT2D eigenvalue weighted by atomic mass is 9.87. The van der Waals surface area contributed by atoms with E-state index >= 15 is 0 Å². The van der Waals surface area contributed by atoms with Gasteiger partial charge in [0.25, 0.3) is 0 Å². The molecule has 0 aromatic heterocycles. The Morgan fingerprint density at radius 1 is 0.733 bits per heavy atom. The molecule has 0 radical (unpaired) electrons. The minimum Gasteiger partial charge on any atom is -0.298 e. The summed E-state index contributed by atoms with van der Waals surface area (Å²) in [7, 11) is 0. The van der Waals surface area contributed by atoms with Crippen LogP contribution in [0.25, 0.3) is 0 Å². The zero-order chi connectivity index (χ0) is 20.7. The molecule has 1 fully saturated rings. The van der Waals surface area contributed by atoms with Crippen LogP contribution in [0.3, 0.4) is 0 Å². The molecule has 30 heavy (non-hydrogen) atoms. The first-order valence-electron chi connectivity index (χ1n) is 10.9. The van der Waals surface area contributed by atoms with Crippen LogP contribution in [0.2, 0.25) is 0 Å². The van der Waals surface area contributed by atoms with Gasteiger partial charge in [0.05, 0.1) is 6.67 Å². The fraction of sp³-hybridized carbons (Fsp3) is 0.333. The van der Waals surface area contributed by atoms with E-state index in [-0.39, 0.29) is 12.1 Å². The van der Waals surface area contributed by atoms with E-state index in [0.29, 0.717) is 0 Å². The quantitative estimate of drug-likeness (QED) is 0.463. The van der Waals surface area contributed by atoms with Crippen LogP contribution >= 0.6 is 0 Å². The summed E-state index contributed by atoms with van der Waals surface area (Å²) < 4.78 is 14.5. The summed E-state index contributed by atoms with van der Waals surface area (Å²) in [4.78, 5) is 4.84. The molecular weight excluding hydrogens is 371 g/mol. The Balaban J connectivity index is 1.47. The number of hydrogen-bond acceptors (Lipinski definition) is 2. The minimum absolute atomic E-state index is 0.266. The van der Waals surface area contributed by atoms with Crippen LogP contribution in [0.4, 0.5) is 4.39 Å². The third-order valence-electron chi connectivity index (χ3n) is 6.11. The molecule has 1 atom stereocenters. The van der Waals surface area contributed by atoms with E-state index in [1.807, 2.05) is 18.2 Å². The Kier molecular flexibility index (Phi) is 6.93. The molecule has 1 heterocycles. The second-order valence-corrected chi connectivity index (χ2v) is 8.70. The third-order valence-corrected chi connectivity index (χ3v) is 6.11. The van der Waals surface area contributed by atoms with E-state index in [0.717, 1.165) is 45.7 Å². The highest BCUT2D eigenvalue weighted by Gasteiger charge is 2.39. The highest BCUT2D eigenvalue weighted by molar-refractivity contribution is 5.18. The molecule has 0 N–H and O–H groups in total. The van der Waals surface area contributed by atoms with E-state index < -0.39 is 0 Å². The summed E-state index contributed by atoms with van der Waals surface area (Å²) in [5.74, 6) is 0. The highest BCUT2D eigenvalue weighted by atomic mass is 19.1. The summed E-state index contributed by atoms with van der Waals surface area (Å²) in [6, 6.07) is 31.6. The van der Waals surface area contributed by atoms with E-state index in [4.69, 9.17) is 0 Å². The Bertz CT molecular complexity index is 843. The predicted octanol–water partition coefficient (Wildman–Crippen LogP) is 5.55. The van der Waals surface area contributed by atoms with Crippen molar-refractivity contribution in [3.05, 3.63) is 108 Å². The van der Waals surface area contributed by atoms with Crippen LogP contribution in [0.1, 0.15) is 23.1 Å². The largest absolute Gasteiger partial charge is 0.298 e. The number of halogens is 1. The van der Waals surface area contributed by atoms with Gasteiger partial charge in [-0.2, -0.15) is 0 Å². The van der Waals surface area contributed by atoms with Crippen molar-refractivity contribution in [3.8, 4) is 0 Å². The third kappa shape index (κ3) is 5.56. The Labute approximate surface area is 180 Å². The van der Waals surface area contributed by atoms with Gasteiger partial charge >= 0.3 is 0 Å². The molecule has 0 amide bonds. The van der Waals surface area contributed by atoms with Crippen molar-refractivity contribution >= 4 is 0 Å². The second-order valence-electron chi connectivity index (χ2n) is 8.70. The first kappa shape index (κ1) is 20.8. The van der Waals surface area contributed by atoms with Crippen LogP contribution < -0.4 is 0 Å². The van der Waals surface area contributed by atoms with Crippen molar-refractivity contribution in [1.29, 1.82) is 0 Å². The summed E-state index contributed by atoms with van der Waals surface area (Å²) in [6.07, 6.45) is 0.913. The first-order chi connectivity index (χ1) is 14.7. The summed E-state index contributed by atoms with van der Waals surface area (Å²) in [5.41, 5.74) is 3.57. The average Bonchev–Trinajstić information content (AvgIpc) is 3.18. The molecule has 1 aliphatic heterocycles. The van der Waals surface area contributed by atoms with Gasteiger partial charge in [0.2, 0.25) is 0 Å². The zero-order valence-electron chi connectivity index (χ0n) is 17.6. The van der Waals surface area contributed by atoms with E-state index in [1.54, 1.807) is 0 Å². The molecule has 1 saturated heterocycles. The van der Waals surface area contributed by atoms with Crippen LogP contribution in [0, 0.1) is 5.41 Å². The molecule has 156 valence electrons. The normalized spacial score (nSPS) is 19.4. The monoisotopic (exact) mass is 402 g/mol. The maximum absolute atomic E-state index is 14.5. The standard InChI is InChI=1S/C27H31FN2/c28-21-27(16-17-29(22-27)18-24-10-4-1-5-11-24)23-30(19-25-12-6-2-7-13-25)20-26-14-8-3-9-15-26/h1-15H,16-23H2. The van der Waals surface area contributed by atoms with Gasteiger partial charge in [0.1, 0.15) is 0 Å². The van der Waals surface area contributed by atoms with Gasteiger partial charge in [-0.05, 0) is 29.7 Å². The van der Waals surface area contributed by atoms with Crippen LogP contribution in [-0.4, -0.2) is 36.1 Å². The van der Waals surface area contributed by atoms with Crippen LogP contribution in [0.5, 0.6) is 0 Å². The lowest BCUT2D eigenvalue weighted by Gasteiger charge is -2.34. The van der Waals surface area contributed by atoms with Crippen LogP contribution in [0.15, 0.2) is 91.0 Å². The van der Waals surface area contributed by atoms with Crippen LogP contribution in [-0.2, 0) is 19.6 Å². The maximum atomic E-state index is 14.5. The van der Waals surface area contributed by atoms with Gasteiger partial charge in [0.15, 0.2) is 0 Å². The Morgan fingerprint density at radius 3 is 1.73 bits per heavy atom. The minimum atomic E-state index is -0.293. The van der Waals surface area contributed by atoms with Crippen molar-refractivity contribution in [1.82, 2.24) is 9.80 Å². The molecule has 0 aliphatic carbocycles. The molecule has 2 nitrogen and oxygen atoms in total. The summed E-state index contributed by atoms with van der Waals surface area (Å²) in [5, 5.41) is 0. The lowest BCUT2D eigenvalue weighted by molar-refractivity contribution is 0.108. The topological polar surface area (TPSA) is 6.48 Å². The molecule has 0 bridgehead atoms. The number of alkyl halides is 1. The van der Waals surface area contributed by atoms with Gasteiger partial charge < -0.3 is 0 Å². The SMILES string of the molecule is FCC1(CN(Cc2ccccc2)Cc2ccccc2)CCN(Cc2ccccc2)C1. The van der Waals surface area contributed by atoms with Crippen molar-refractivity contribution < 1.29 is 4.39 Å². The first-order valence-corrected chi connectivity index (χ1v) is 10.9. The van der Waals surface area contributed by atoms with Crippen molar-refractivity contribution in [2.45, 2.75) is 26.1 Å². The van der Waals surface area contributed by atoms with Gasteiger partial charge in [-0.15, -0.1) is 0 Å². The summed E-state index contributed by atoms with van der Waals surface area (Å²) >= 11 is 0. The highest BCUT2D eigenvalue weighted by Crippen LogP contribution is 2.34. The lowest BCUT2D eigenvalue weighted by Crippen LogP contribution is -2.41. The van der Waals surface area contributed by atoms with E-state index in [2.05, 4.69) is 82.6 Å². The molecule has 3 heteroatoms. The molecule has 3 aromatic carbocycles.